The first-order chi connectivity index (χ1) is 15.2. The first kappa shape index (κ1) is 19.7. The third-order valence-electron chi connectivity index (χ3n) is 5.40. The topological polar surface area (TPSA) is 51.5 Å². The summed E-state index contributed by atoms with van der Waals surface area (Å²) in [4.78, 5) is 10.5. The second-order valence-electron chi connectivity index (χ2n) is 7.79. The second-order valence-corrected chi connectivity index (χ2v) is 8.67. The highest BCUT2D eigenvalue weighted by molar-refractivity contribution is 7.15. The van der Waals surface area contributed by atoms with Crippen LogP contribution >= 0.6 is 11.3 Å². The summed E-state index contributed by atoms with van der Waals surface area (Å²) in [6.07, 6.45) is 4.10. The number of nitrogens with zero attached hydrogens (tertiary/aromatic N) is 3. The smallest absolute Gasteiger partial charge is 0.218 e. The van der Waals surface area contributed by atoms with Gasteiger partial charge in [-0.15, -0.1) is 11.3 Å². The highest BCUT2D eigenvalue weighted by Gasteiger charge is 2.11. The molecule has 3 heterocycles. The first-order valence-corrected chi connectivity index (χ1v) is 11.2. The molecule has 0 aliphatic rings. The maximum atomic E-state index is 6.21. The molecule has 31 heavy (non-hydrogen) atoms. The van der Waals surface area contributed by atoms with Crippen molar-refractivity contribution in [3.63, 3.8) is 0 Å². The number of rotatable bonds is 7. The Morgan fingerprint density at radius 3 is 2.77 bits per heavy atom. The molecule has 5 aromatic rings. The van der Waals surface area contributed by atoms with Crippen molar-refractivity contribution >= 4 is 27.2 Å². The lowest BCUT2D eigenvalue weighted by atomic mass is 10.1. The average molecular weight is 429 g/mol. The quantitative estimate of drug-likeness (QED) is 0.376. The lowest BCUT2D eigenvalue weighted by Crippen LogP contribution is -2.14. The van der Waals surface area contributed by atoms with Gasteiger partial charge in [-0.2, -0.15) is 0 Å². The summed E-state index contributed by atoms with van der Waals surface area (Å²) in [5.41, 5.74) is 6.64. The molecule has 0 aliphatic carbocycles. The zero-order valence-electron chi connectivity index (χ0n) is 17.6. The number of fused-ring (bicyclic) bond motifs is 2. The van der Waals surface area contributed by atoms with Crippen molar-refractivity contribution in [3.05, 3.63) is 94.3 Å². The van der Waals surface area contributed by atoms with Crippen LogP contribution < -0.4 is 10.1 Å². The molecular formula is C25H24N4OS. The van der Waals surface area contributed by atoms with E-state index in [0.717, 1.165) is 27.1 Å². The highest BCUT2D eigenvalue weighted by Crippen LogP contribution is 2.25. The van der Waals surface area contributed by atoms with Gasteiger partial charge in [-0.1, -0.05) is 35.9 Å². The van der Waals surface area contributed by atoms with Gasteiger partial charge in [-0.05, 0) is 43.2 Å². The van der Waals surface area contributed by atoms with Crippen LogP contribution in [0.4, 0.5) is 0 Å². The maximum absolute atomic E-state index is 6.21. The molecule has 5 rings (SSSR count). The molecule has 0 saturated carbocycles. The fourth-order valence-electron chi connectivity index (χ4n) is 3.68. The van der Waals surface area contributed by atoms with Crippen LogP contribution in [0.3, 0.4) is 0 Å². The Hall–Kier alpha value is -3.22. The van der Waals surface area contributed by atoms with Gasteiger partial charge in [0.15, 0.2) is 4.96 Å². The molecule has 2 aromatic carbocycles. The van der Waals surface area contributed by atoms with Crippen LogP contribution in [-0.4, -0.2) is 14.4 Å². The predicted molar refractivity (Wildman–Crippen MR) is 126 cm³/mol. The van der Waals surface area contributed by atoms with E-state index in [1.54, 1.807) is 11.3 Å². The Kier molecular flexibility index (Phi) is 5.40. The van der Waals surface area contributed by atoms with Gasteiger partial charge < -0.3 is 10.1 Å². The van der Waals surface area contributed by atoms with Crippen molar-refractivity contribution < 1.29 is 4.74 Å². The van der Waals surface area contributed by atoms with E-state index in [2.05, 4.69) is 71.1 Å². The number of pyridine rings is 1. The number of aromatic nitrogens is 3. The summed E-state index contributed by atoms with van der Waals surface area (Å²) in [6, 6.07) is 16.8. The lowest BCUT2D eigenvalue weighted by molar-refractivity contribution is 0.290. The minimum atomic E-state index is 0.501. The monoisotopic (exact) mass is 428 g/mol. The van der Waals surface area contributed by atoms with Gasteiger partial charge in [0.2, 0.25) is 5.88 Å². The van der Waals surface area contributed by atoms with E-state index in [1.165, 1.54) is 16.7 Å². The molecule has 0 amide bonds. The summed E-state index contributed by atoms with van der Waals surface area (Å²) < 4.78 is 8.27. The maximum Gasteiger partial charge on any atom is 0.218 e. The number of benzene rings is 2. The van der Waals surface area contributed by atoms with E-state index in [0.29, 0.717) is 25.6 Å². The Balaban J connectivity index is 1.37. The zero-order valence-corrected chi connectivity index (χ0v) is 18.4. The molecule has 156 valence electrons. The highest BCUT2D eigenvalue weighted by atomic mass is 32.1. The van der Waals surface area contributed by atoms with Gasteiger partial charge in [0.05, 0.1) is 11.2 Å². The molecule has 0 fully saturated rings. The molecular weight excluding hydrogens is 404 g/mol. The number of aryl methyl sites for hydroxylation is 2. The largest absolute Gasteiger partial charge is 0.473 e. The van der Waals surface area contributed by atoms with Gasteiger partial charge in [0.1, 0.15) is 6.61 Å². The second kappa shape index (κ2) is 8.49. The molecule has 0 aliphatic heterocycles. The minimum Gasteiger partial charge on any atom is -0.473 e. The molecule has 0 spiro atoms. The Morgan fingerprint density at radius 1 is 1.00 bits per heavy atom. The Bertz CT molecular complexity index is 1330. The predicted octanol–water partition coefficient (Wildman–Crippen LogP) is 5.43. The van der Waals surface area contributed by atoms with Gasteiger partial charge in [-0.25, -0.2) is 9.97 Å². The van der Waals surface area contributed by atoms with Crippen LogP contribution in [0.25, 0.3) is 15.9 Å². The van der Waals surface area contributed by atoms with Crippen molar-refractivity contribution in [1.29, 1.82) is 0 Å². The van der Waals surface area contributed by atoms with Gasteiger partial charge >= 0.3 is 0 Å². The van der Waals surface area contributed by atoms with Gasteiger partial charge in [0, 0.05) is 41.8 Å². The number of nitrogens with one attached hydrogen (secondary N) is 1. The number of hydrogen-bond donors (Lipinski definition) is 1. The fraction of sp³-hybridized carbons (Fsp3) is 0.200. The van der Waals surface area contributed by atoms with Crippen LogP contribution in [0.1, 0.15) is 27.9 Å². The summed E-state index contributed by atoms with van der Waals surface area (Å²) in [5, 5.41) is 6.68. The molecule has 0 atom stereocenters. The SMILES string of the molecule is Cc1ccc2nc(OCc3ccccc3C)c(CNCc3cn4ccsc4n3)cc2c1. The summed E-state index contributed by atoms with van der Waals surface area (Å²) in [7, 11) is 0. The van der Waals surface area contributed by atoms with Crippen molar-refractivity contribution in [2.24, 2.45) is 0 Å². The molecule has 1 N–H and O–H groups in total. The Labute approximate surface area is 185 Å². The number of thiazole rings is 1. The van der Waals surface area contributed by atoms with E-state index < -0.39 is 0 Å². The van der Waals surface area contributed by atoms with Crippen LogP contribution in [0.15, 0.2) is 66.3 Å². The van der Waals surface area contributed by atoms with Crippen LogP contribution in [0, 0.1) is 13.8 Å². The molecule has 0 saturated heterocycles. The number of ether oxygens (including phenoxy) is 1. The van der Waals surface area contributed by atoms with E-state index in [9.17, 15) is 0 Å². The molecule has 3 aromatic heterocycles. The van der Waals surface area contributed by atoms with E-state index in [-0.39, 0.29) is 0 Å². The lowest BCUT2D eigenvalue weighted by Gasteiger charge is -2.14. The summed E-state index contributed by atoms with van der Waals surface area (Å²) >= 11 is 1.64. The summed E-state index contributed by atoms with van der Waals surface area (Å²) in [5.74, 6) is 0.679. The number of hydrogen-bond acceptors (Lipinski definition) is 5. The molecule has 5 nitrogen and oxygen atoms in total. The normalized spacial score (nSPS) is 11.4. The third-order valence-corrected chi connectivity index (χ3v) is 6.17. The zero-order chi connectivity index (χ0) is 21.2. The van der Waals surface area contributed by atoms with Crippen molar-refractivity contribution in [2.45, 2.75) is 33.5 Å². The fourth-order valence-corrected chi connectivity index (χ4v) is 4.40. The minimum absolute atomic E-state index is 0.501. The standard InChI is InChI=1S/C25H24N4OS/c1-17-7-8-23-20(11-17)12-21(13-26-14-22-15-29-9-10-31-25(29)27-22)24(28-23)30-16-19-6-4-3-5-18(19)2/h3-12,15,26H,13-14,16H2,1-2H3. The number of imidazole rings is 1. The van der Waals surface area contributed by atoms with Gasteiger partial charge in [-0.3, -0.25) is 4.40 Å². The average Bonchev–Trinajstić information content (AvgIpc) is 3.35. The van der Waals surface area contributed by atoms with Crippen LogP contribution in [-0.2, 0) is 19.7 Å². The molecule has 6 heteroatoms. The Morgan fingerprint density at radius 2 is 1.90 bits per heavy atom. The summed E-state index contributed by atoms with van der Waals surface area (Å²) in [6.45, 7) is 6.06. The van der Waals surface area contributed by atoms with Crippen LogP contribution in [0.5, 0.6) is 5.88 Å². The van der Waals surface area contributed by atoms with Crippen molar-refractivity contribution in [2.75, 3.05) is 0 Å². The van der Waals surface area contributed by atoms with E-state index in [4.69, 9.17) is 9.72 Å². The first-order valence-electron chi connectivity index (χ1n) is 10.3. The van der Waals surface area contributed by atoms with Crippen molar-refractivity contribution in [3.8, 4) is 5.88 Å². The molecule has 0 bridgehead atoms. The molecule has 0 radical (unpaired) electrons. The third kappa shape index (κ3) is 4.31. The van der Waals surface area contributed by atoms with Gasteiger partial charge in [0.25, 0.3) is 0 Å². The molecule has 0 unspecified atom stereocenters. The van der Waals surface area contributed by atoms with E-state index >= 15 is 0 Å². The van der Waals surface area contributed by atoms with Crippen LogP contribution in [0.2, 0.25) is 0 Å². The van der Waals surface area contributed by atoms with E-state index in [1.807, 2.05) is 23.7 Å². The van der Waals surface area contributed by atoms with Crippen molar-refractivity contribution in [1.82, 2.24) is 19.7 Å².